The molecule has 0 spiro atoms. The largest absolute Gasteiger partial charge is 0.368 e. The summed E-state index contributed by atoms with van der Waals surface area (Å²) in [5.74, 6) is 0.413. The van der Waals surface area contributed by atoms with Gasteiger partial charge in [-0.05, 0) is 12.3 Å². The lowest BCUT2D eigenvalue weighted by atomic mass is 9.90. The molecule has 68 valence electrons. The molecule has 0 aliphatic carbocycles. The molecule has 0 aliphatic rings. The van der Waals surface area contributed by atoms with Crippen molar-refractivity contribution in [3.05, 3.63) is 0 Å². The fourth-order valence-electron chi connectivity index (χ4n) is 1.27. The molecule has 0 radical (unpaired) electrons. The minimum absolute atomic E-state index is 0.0509. The summed E-state index contributed by atoms with van der Waals surface area (Å²) < 4.78 is 0. The lowest BCUT2D eigenvalue weighted by Gasteiger charge is -2.22. The molecule has 0 bridgehead atoms. The first-order chi connectivity index (χ1) is 5.09. The van der Waals surface area contributed by atoms with E-state index in [1.807, 2.05) is 13.8 Å². The van der Waals surface area contributed by atoms with Crippen LogP contribution in [0.1, 0.15) is 40.0 Å². The summed E-state index contributed by atoms with van der Waals surface area (Å²) in [6.07, 6.45) is 1.99. The van der Waals surface area contributed by atoms with E-state index >= 15 is 0 Å². The second-order valence-electron chi connectivity index (χ2n) is 3.46. The molecular formula is C9H20O2. The number of unbranched alkanes of at least 4 members (excludes halogenated alkanes) is 1. The maximum atomic E-state index is 8.96. The Hall–Kier alpha value is -0.0800. The number of aliphatic hydroxyl groups is 2. The fraction of sp³-hybridized carbons (Fsp3) is 1.00. The molecule has 0 aromatic heterocycles. The van der Waals surface area contributed by atoms with Crippen molar-refractivity contribution in [1.82, 2.24) is 0 Å². The van der Waals surface area contributed by atoms with E-state index in [9.17, 15) is 0 Å². The van der Waals surface area contributed by atoms with Crippen LogP contribution in [-0.4, -0.2) is 16.5 Å². The third-order valence-corrected chi connectivity index (χ3v) is 2.13. The first-order valence-electron chi connectivity index (χ1n) is 4.45. The van der Waals surface area contributed by atoms with Gasteiger partial charge >= 0.3 is 0 Å². The zero-order valence-corrected chi connectivity index (χ0v) is 7.75. The van der Waals surface area contributed by atoms with Gasteiger partial charge in [-0.2, -0.15) is 0 Å². The zero-order chi connectivity index (χ0) is 8.85. The van der Waals surface area contributed by atoms with Crippen LogP contribution in [0, 0.1) is 11.8 Å². The monoisotopic (exact) mass is 160 g/mol. The Kier molecular flexibility index (Phi) is 5.51. The van der Waals surface area contributed by atoms with E-state index in [2.05, 4.69) is 6.92 Å². The Labute approximate surface area is 69.2 Å². The molecule has 0 fully saturated rings. The van der Waals surface area contributed by atoms with Gasteiger partial charge in [0, 0.05) is 5.92 Å². The minimum atomic E-state index is -1.14. The zero-order valence-electron chi connectivity index (χ0n) is 7.75. The molecule has 0 aliphatic heterocycles. The number of aliphatic hydroxyl groups excluding tert-OH is 1. The first-order valence-corrected chi connectivity index (χ1v) is 4.45. The van der Waals surface area contributed by atoms with E-state index in [1.54, 1.807) is 0 Å². The Morgan fingerprint density at radius 1 is 1.18 bits per heavy atom. The summed E-state index contributed by atoms with van der Waals surface area (Å²) in [5, 5.41) is 17.9. The highest BCUT2D eigenvalue weighted by Gasteiger charge is 2.19. The molecule has 0 heterocycles. The van der Waals surface area contributed by atoms with Crippen LogP contribution in [0.4, 0.5) is 0 Å². The standard InChI is InChI=1S/C9H20O2/c1-4-5-6-8(7(2)3)9(10)11/h7-11H,4-6H2,1-3H3/t8-/m0/s1. The second-order valence-corrected chi connectivity index (χ2v) is 3.46. The molecule has 2 N–H and O–H groups in total. The van der Waals surface area contributed by atoms with Crippen molar-refractivity contribution in [3.8, 4) is 0 Å². The SMILES string of the molecule is CCCC[C@@H](C(C)C)C(O)O. The van der Waals surface area contributed by atoms with E-state index in [4.69, 9.17) is 10.2 Å². The normalized spacial score (nSPS) is 14.5. The van der Waals surface area contributed by atoms with E-state index < -0.39 is 6.29 Å². The van der Waals surface area contributed by atoms with Crippen LogP contribution in [0.5, 0.6) is 0 Å². The lowest BCUT2D eigenvalue weighted by Crippen LogP contribution is -2.24. The predicted octanol–water partition coefficient (Wildman–Crippen LogP) is 1.76. The van der Waals surface area contributed by atoms with Crippen molar-refractivity contribution in [2.45, 2.75) is 46.3 Å². The smallest absolute Gasteiger partial charge is 0.154 e. The summed E-state index contributed by atoms with van der Waals surface area (Å²) in [7, 11) is 0. The average molecular weight is 160 g/mol. The molecule has 2 nitrogen and oxygen atoms in total. The lowest BCUT2D eigenvalue weighted by molar-refractivity contribution is -0.0990. The highest BCUT2D eigenvalue weighted by Crippen LogP contribution is 2.20. The highest BCUT2D eigenvalue weighted by molar-refractivity contribution is 4.64. The van der Waals surface area contributed by atoms with E-state index in [1.165, 1.54) is 0 Å². The maximum Gasteiger partial charge on any atom is 0.154 e. The molecule has 0 rings (SSSR count). The summed E-state index contributed by atoms with van der Waals surface area (Å²) in [6, 6.07) is 0. The number of hydrogen-bond acceptors (Lipinski definition) is 2. The van der Waals surface area contributed by atoms with Gasteiger partial charge < -0.3 is 10.2 Å². The molecule has 1 atom stereocenters. The third-order valence-electron chi connectivity index (χ3n) is 2.13. The second kappa shape index (κ2) is 5.56. The molecule has 0 aromatic carbocycles. The van der Waals surface area contributed by atoms with Gasteiger partial charge in [-0.25, -0.2) is 0 Å². The van der Waals surface area contributed by atoms with Gasteiger partial charge in [0.2, 0.25) is 0 Å². The molecule has 11 heavy (non-hydrogen) atoms. The molecule has 0 amide bonds. The minimum Gasteiger partial charge on any atom is -0.368 e. The van der Waals surface area contributed by atoms with Crippen LogP contribution < -0.4 is 0 Å². The van der Waals surface area contributed by atoms with Crippen LogP contribution in [0.25, 0.3) is 0 Å². The van der Waals surface area contributed by atoms with Crippen LogP contribution in [0.3, 0.4) is 0 Å². The van der Waals surface area contributed by atoms with Crippen LogP contribution >= 0.6 is 0 Å². The Balaban J connectivity index is 3.70. The van der Waals surface area contributed by atoms with Crippen molar-refractivity contribution < 1.29 is 10.2 Å². The van der Waals surface area contributed by atoms with Crippen molar-refractivity contribution in [2.75, 3.05) is 0 Å². The van der Waals surface area contributed by atoms with Crippen LogP contribution in [0.2, 0.25) is 0 Å². The fourth-order valence-corrected chi connectivity index (χ4v) is 1.27. The summed E-state index contributed by atoms with van der Waals surface area (Å²) in [4.78, 5) is 0. The molecule has 0 saturated heterocycles. The Morgan fingerprint density at radius 2 is 1.73 bits per heavy atom. The molecule has 0 saturated carbocycles. The van der Waals surface area contributed by atoms with Crippen LogP contribution in [-0.2, 0) is 0 Å². The summed E-state index contributed by atoms with van der Waals surface area (Å²) in [6.45, 7) is 6.17. The summed E-state index contributed by atoms with van der Waals surface area (Å²) in [5.41, 5.74) is 0. The van der Waals surface area contributed by atoms with Crippen molar-refractivity contribution in [1.29, 1.82) is 0 Å². The molecule has 0 aromatic rings. The average Bonchev–Trinajstić information content (AvgIpc) is 1.87. The first kappa shape index (κ1) is 10.9. The number of rotatable bonds is 5. The topological polar surface area (TPSA) is 40.5 Å². The maximum absolute atomic E-state index is 8.96. The van der Waals surface area contributed by atoms with Crippen LogP contribution in [0.15, 0.2) is 0 Å². The van der Waals surface area contributed by atoms with Gasteiger partial charge in [-0.3, -0.25) is 0 Å². The Morgan fingerprint density at radius 3 is 2.00 bits per heavy atom. The molecule has 0 unspecified atom stereocenters. The van der Waals surface area contributed by atoms with E-state index in [0.29, 0.717) is 5.92 Å². The van der Waals surface area contributed by atoms with Gasteiger partial charge in [0.15, 0.2) is 6.29 Å². The van der Waals surface area contributed by atoms with Gasteiger partial charge in [-0.1, -0.05) is 33.6 Å². The highest BCUT2D eigenvalue weighted by atomic mass is 16.5. The van der Waals surface area contributed by atoms with Gasteiger partial charge in [0.25, 0.3) is 0 Å². The Bertz CT molecular complexity index is 81.6. The predicted molar refractivity (Wildman–Crippen MR) is 46.1 cm³/mol. The molecular weight excluding hydrogens is 140 g/mol. The van der Waals surface area contributed by atoms with E-state index in [0.717, 1.165) is 19.3 Å². The van der Waals surface area contributed by atoms with Gasteiger partial charge in [0.05, 0.1) is 0 Å². The van der Waals surface area contributed by atoms with Crippen molar-refractivity contribution in [2.24, 2.45) is 11.8 Å². The van der Waals surface area contributed by atoms with Crippen molar-refractivity contribution in [3.63, 3.8) is 0 Å². The molecule has 2 heteroatoms. The van der Waals surface area contributed by atoms with Gasteiger partial charge in [-0.15, -0.1) is 0 Å². The quantitative estimate of drug-likeness (QED) is 0.602. The third kappa shape index (κ3) is 4.38. The van der Waals surface area contributed by atoms with Gasteiger partial charge in [0.1, 0.15) is 0 Å². The summed E-state index contributed by atoms with van der Waals surface area (Å²) >= 11 is 0. The van der Waals surface area contributed by atoms with Crippen molar-refractivity contribution >= 4 is 0 Å². The van der Waals surface area contributed by atoms with E-state index in [-0.39, 0.29) is 5.92 Å². The number of hydrogen-bond donors (Lipinski definition) is 2.